The molecule has 4 fully saturated rings. The van der Waals surface area contributed by atoms with Crippen LogP contribution >= 0.6 is 22.9 Å². The molecular weight excluding hydrogens is 741 g/mol. The van der Waals surface area contributed by atoms with Gasteiger partial charge in [-0.25, -0.2) is 18.0 Å². The maximum absolute atomic E-state index is 17.4. The molecule has 2 aromatic heterocycles. The number of carbonyl (C=O) groups is 1. The number of rotatable bonds is 6. The largest absolute Gasteiger partial charge is 0.461 e. The van der Waals surface area contributed by atoms with Gasteiger partial charge in [-0.3, -0.25) is 10.2 Å². The fourth-order valence-corrected chi connectivity index (χ4v) is 9.85. The van der Waals surface area contributed by atoms with Crippen LogP contribution in [0, 0.1) is 23.0 Å². The van der Waals surface area contributed by atoms with Crippen molar-refractivity contribution in [3.8, 4) is 23.2 Å². The average Bonchev–Trinajstić information content (AvgIpc) is 3.71. The van der Waals surface area contributed by atoms with E-state index in [0.29, 0.717) is 55.8 Å². The van der Waals surface area contributed by atoms with Crippen LogP contribution in [0.2, 0.25) is 5.02 Å². The van der Waals surface area contributed by atoms with Crippen LogP contribution < -0.4 is 15.0 Å². The Morgan fingerprint density at radius 1 is 1.19 bits per heavy atom. The van der Waals surface area contributed by atoms with E-state index in [1.165, 1.54) is 12.1 Å². The summed E-state index contributed by atoms with van der Waals surface area (Å²) in [7, 11) is 0. The topological polar surface area (TPSA) is 113 Å². The molecule has 1 spiro atoms. The molecular formula is C39H40ClF3N6O4S. The number of hydrogen-bond donors (Lipinski definition) is 1. The van der Waals surface area contributed by atoms with E-state index in [1.807, 2.05) is 0 Å². The van der Waals surface area contributed by atoms with Crippen LogP contribution in [0.3, 0.4) is 0 Å². The second kappa shape index (κ2) is 13.8. The maximum Gasteiger partial charge on any atom is 0.412 e. The lowest BCUT2D eigenvalue weighted by molar-refractivity contribution is -0.143. The van der Waals surface area contributed by atoms with Gasteiger partial charge < -0.3 is 19.1 Å². The molecule has 2 atom stereocenters. The molecule has 4 aliphatic rings. The van der Waals surface area contributed by atoms with Crippen molar-refractivity contribution in [1.29, 1.82) is 5.26 Å². The Morgan fingerprint density at radius 2 is 2.00 bits per heavy atom. The maximum atomic E-state index is 17.4. The molecule has 0 radical (unpaired) electrons. The van der Waals surface area contributed by atoms with Gasteiger partial charge >= 0.3 is 12.1 Å². The van der Waals surface area contributed by atoms with Gasteiger partial charge in [0, 0.05) is 42.4 Å². The van der Waals surface area contributed by atoms with E-state index in [0.717, 1.165) is 56.4 Å². The van der Waals surface area contributed by atoms with Crippen molar-refractivity contribution in [2.75, 3.05) is 49.6 Å². The lowest BCUT2D eigenvalue weighted by Gasteiger charge is -2.44. The van der Waals surface area contributed by atoms with Crippen LogP contribution in [-0.4, -0.2) is 77.1 Å². The molecule has 2 unspecified atom stereocenters. The van der Waals surface area contributed by atoms with Gasteiger partial charge in [0.15, 0.2) is 5.82 Å². The Morgan fingerprint density at radius 3 is 2.72 bits per heavy atom. The van der Waals surface area contributed by atoms with E-state index >= 15 is 8.78 Å². The van der Waals surface area contributed by atoms with Crippen LogP contribution in [0.4, 0.5) is 28.8 Å². The Hall–Kier alpha value is -4.16. The van der Waals surface area contributed by atoms with Gasteiger partial charge in [-0.15, -0.1) is 11.3 Å². The van der Waals surface area contributed by atoms with Crippen LogP contribution in [0.5, 0.6) is 6.01 Å². The predicted molar refractivity (Wildman–Crippen MR) is 202 cm³/mol. The molecule has 15 heteroatoms. The van der Waals surface area contributed by atoms with Crippen LogP contribution in [0.15, 0.2) is 30.1 Å². The van der Waals surface area contributed by atoms with Crippen molar-refractivity contribution in [2.24, 2.45) is 0 Å². The zero-order valence-corrected chi connectivity index (χ0v) is 31.9. The number of thiophene rings is 1. The quantitative estimate of drug-likeness (QED) is 0.205. The minimum absolute atomic E-state index is 0.00424. The molecule has 2 aromatic carbocycles. The highest BCUT2D eigenvalue weighted by atomic mass is 35.5. The van der Waals surface area contributed by atoms with Gasteiger partial charge in [0.1, 0.15) is 40.4 Å². The molecule has 4 aliphatic heterocycles. The number of aromatic nitrogens is 2. The zero-order valence-electron chi connectivity index (χ0n) is 30.3. The summed E-state index contributed by atoms with van der Waals surface area (Å²) >= 11 is 7.82. The number of nitrogens with zero attached hydrogens (tertiary/aromatic N) is 5. The highest BCUT2D eigenvalue weighted by Crippen LogP contribution is 2.48. The third-order valence-electron chi connectivity index (χ3n) is 11.0. The Labute approximate surface area is 319 Å². The van der Waals surface area contributed by atoms with Crippen LogP contribution in [0.25, 0.3) is 32.1 Å². The van der Waals surface area contributed by atoms with Gasteiger partial charge in [-0.05, 0) is 89.1 Å². The summed E-state index contributed by atoms with van der Waals surface area (Å²) in [5.74, 6) is -1.00. The molecule has 0 bridgehead atoms. The normalized spacial score (nSPS) is 23.8. The SMILES string of the molecule is CC(C)(C)OC(=O)Nc1sc2c(F)ccc(-c3c(Cl)cc4c(N5CCCCC6(CCO6)C5)nc(OCC56CCCN5C/C(=C\F)C6)nc4c3F)c2c1C#N. The number of nitrogens with one attached hydrogen (secondary N) is 1. The summed E-state index contributed by atoms with van der Waals surface area (Å²) in [5.41, 5.74) is -0.914. The Balaban J connectivity index is 1.26. The van der Waals surface area contributed by atoms with Gasteiger partial charge in [0.2, 0.25) is 0 Å². The Kier molecular flexibility index (Phi) is 9.44. The molecule has 0 saturated carbocycles. The number of fused-ring (bicyclic) bond motifs is 3. The highest BCUT2D eigenvalue weighted by Gasteiger charge is 2.47. The van der Waals surface area contributed by atoms with Crippen molar-refractivity contribution >= 4 is 60.8 Å². The lowest BCUT2D eigenvalue weighted by atomic mass is 9.89. The first-order valence-corrected chi connectivity index (χ1v) is 19.4. The number of ether oxygens (including phenoxy) is 3. The highest BCUT2D eigenvalue weighted by molar-refractivity contribution is 7.23. The monoisotopic (exact) mass is 780 g/mol. The van der Waals surface area contributed by atoms with E-state index in [-0.39, 0.29) is 60.5 Å². The summed E-state index contributed by atoms with van der Waals surface area (Å²) in [6.45, 7) is 8.51. The van der Waals surface area contributed by atoms with Crippen molar-refractivity contribution in [3.63, 3.8) is 0 Å². The fourth-order valence-electron chi connectivity index (χ4n) is 8.48. The Bertz CT molecular complexity index is 2250. The summed E-state index contributed by atoms with van der Waals surface area (Å²) in [4.78, 5) is 26.6. The molecule has 1 N–H and O–H groups in total. The average molecular weight is 781 g/mol. The number of benzene rings is 2. The zero-order chi connectivity index (χ0) is 38.0. The minimum atomic E-state index is -0.824. The van der Waals surface area contributed by atoms with E-state index in [2.05, 4.69) is 26.2 Å². The first-order valence-electron chi connectivity index (χ1n) is 18.2. The summed E-state index contributed by atoms with van der Waals surface area (Å²) in [5, 5.41) is 13.4. The predicted octanol–water partition coefficient (Wildman–Crippen LogP) is 9.28. The number of amides is 1. The standard InChI is InChI=1S/C39H40ClF3N6O4S/c1-37(2,3)53-36(50)47-34-25(18-44)28-23(7-8-27(42)32(28)54-34)29-26(40)15-24-31(30(29)43)45-35(51-21-38-9-6-13-49(38)19-22(16-38)17-41)46-33(24)48-12-5-4-10-39(20-48)11-14-52-39/h7-8,15,17H,4-6,9-14,16,19-21H2,1-3H3,(H,47,50)/b22-17-. The summed E-state index contributed by atoms with van der Waals surface area (Å²) < 4.78 is 64.3. The number of nitriles is 1. The van der Waals surface area contributed by atoms with Gasteiger partial charge in [0.05, 0.1) is 39.4 Å². The molecule has 10 nitrogen and oxygen atoms in total. The van der Waals surface area contributed by atoms with E-state index < -0.39 is 28.9 Å². The molecule has 284 valence electrons. The number of halogens is 4. The van der Waals surface area contributed by atoms with Crippen molar-refractivity contribution < 1.29 is 32.2 Å². The number of carbonyl (C=O) groups excluding carboxylic acids is 1. The van der Waals surface area contributed by atoms with Crippen LogP contribution in [0.1, 0.15) is 71.3 Å². The second-order valence-corrected chi connectivity index (χ2v) is 17.2. The smallest absolute Gasteiger partial charge is 0.412 e. The first kappa shape index (κ1) is 36.8. The molecule has 8 rings (SSSR count). The van der Waals surface area contributed by atoms with Gasteiger partial charge in [-0.2, -0.15) is 15.2 Å². The minimum Gasteiger partial charge on any atom is -0.461 e. The summed E-state index contributed by atoms with van der Waals surface area (Å²) in [6.07, 6.45) is 5.81. The molecule has 6 heterocycles. The summed E-state index contributed by atoms with van der Waals surface area (Å²) in [6, 6.07) is 6.19. The number of hydrogen-bond acceptors (Lipinski definition) is 10. The first-order chi connectivity index (χ1) is 25.8. The van der Waals surface area contributed by atoms with E-state index in [1.54, 1.807) is 26.8 Å². The van der Waals surface area contributed by atoms with E-state index in [9.17, 15) is 14.4 Å². The molecule has 54 heavy (non-hydrogen) atoms. The molecule has 4 aromatic rings. The van der Waals surface area contributed by atoms with Crippen molar-refractivity contribution in [3.05, 3.63) is 52.3 Å². The van der Waals surface area contributed by atoms with Gasteiger partial charge in [0.25, 0.3) is 0 Å². The third kappa shape index (κ3) is 6.52. The van der Waals surface area contributed by atoms with Gasteiger partial charge in [-0.1, -0.05) is 17.7 Å². The van der Waals surface area contributed by atoms with E-state index in [4.69, 9.17) is 30.8 Å². The molecule has 4 saturated heterocycles. The molecule has 1 amide bonds. The lowest BCUT2D eigenvalue weighted by Crippen LogP contribution is -2.51. The van der Waals surface area contributed by atoms with Crippen LogP contribution in [-0.2, 0) is 9.47 Å². The molecule has 0 aliphatic carbocycles. The van der Waals surface area contributed by atoms with Crippen molar-refractivity contribution in [1.82, 2.24) is 14.9 Å². The third-order valence-corrected chi connectivity index (χ3v) is 12.4. The second-order valence-electron chi connectivity index (χ2n) is 15.8. The fraction of sp³-hybridized carbons (Fsp3) is 0.487. The number of anilines is 2. The van der Waals surface area contributed by atoms with Crippen molar-refractivity contribution in [2.45, 2.75) is 82.5 Å².